The van der Waals surface area contributed by atoms with Gasteiger partial charge in [-0.15, -0.1) is 0 Å². The standard InChI is InChI=1S/C25H31N5O2/c1-28-20(9-10-23(31)30-15-11-18-6-2-3-8-21(18)30)16-27-25(32)24-22(28)12-14-29(24)17-19-7-4-5-13-26-19/h2-8,13,20,22,24H,9-12,14-17H2,1H3,(H,27,32)/t20-,22+,24-/m0/s1. The SMILES string of the molecule is CN1[C@@H](CCC(=O)N2CCc3ccccc32)CNC(=O)[C@@H]2[C@H]1CCN2Cc1ccccn1. The molecule has 3 atom stereocenters. The molecule has 5 rings (SSSR count). The van der Waals surface area contributed by atoms with Crippen LogP contribution in [-0.4, -0.2) is 71.4 Å². The number of rotatable bonds is 5. The zero-order valence-corrected chi connectivity index (χ0v) is 18.6. The van der Waals surface area contributed by atoms with Crippen LogP contribution in [0.4, 0.5) is 5.69 Å². The molecule has 32 heavy (non-hydrogen) atoms. The average molecular weight is 434 g/mol. The third kappa shape index (κ3) is 4.02. The van der Waals surface area contributed by atoms with E-state index in [-0.39, 0.29) is 29.9 Å². The number of nitrogens with zero attached hydrogens (tertiary/aromatic N) is 4. The summed E-state index contributed by atoms with van der Waals surface area (Å²) in [7, 11) is 2.11. The minimum atomic E-state index is -0.173. The molecule has 0 spiro atoms. The number of likely N-dealkylation sites (N-methyl/N-ethyl adjacent to an activating group) is 1. The summed E-state index contributed by atoms with van der Waals surface area (Å²) in [5, 5.41) is 3.15. The molecule has 3 aliphatic heterocycles. The third-order valence-electron chi connectivity index (χ3n) is 7.32. The summed E-state index contributed by atoms with van der Waals surface area (Å²) in [5.41, 5.74) is 3.29. The number of hydrogen-bond acceptors (Lipinski definition) is 5. The zero-order valence-electron chi connectivity index (χ0n) is 18.6. The number of hydrogen-bond donors (Lipinski definition) is 1. The van der Waals surface area contributed by atoms with Gasteiger partial charge in [-0.25, -0.2) is 0 Å². The molecule has 3 aliphatic rings. The molecule has 7 heteroatoms. The molecule has 2 aromatic rings. The molecule has 2 amide bonds. The van der Waals surface area contributed by atoms with Gasteiger partial charge in [0.1, 0.15) is 6.04 Å². The van der Waals surface area contributed by atoms with Crippen molar-refractivity contribution in [3.8, 4) is 0 Å². The quantitative estimate of drug-likeness (QED) is 0.779. The number of para-hydroxylation sites is 1. The Hall–Kier alpha value is -2.77. The van der Waals surface area contributed by atoms with Gasteiger partial charge in [-0.1, -0.05) is 24.3 Å². The summed E-state index contributed by atoms with van der Waals surface area (Å²) in [4.78, 5) is 36.9. The van der Waals surface area contributed by atoms with E-state index in [1.165, 1.54) is 5.56 Å². The fraction of sp³-hybridized carbons (Fsp3) is 0.480. The lowest BCUT2D eigenvalue weighted by atomic mass is 10.0. The number of pyridine rings is 1. The van der Waals surface area contributed by atoms with Gasteiger partial charge in [0, 0.05) is 56.6 Å². The van der Waals surface area contributed by atoms with Gasteiger partial charge < -0.3 is 10.2 Å². The van der Waals surface area contributed by atoms with Gasteiger partial charge in [-0.3, -0.25) is 24.4 Å². The summed E-state index contributed by atoms with van der Waals surface area (Å²) >= 11 is 0. The second-order valence-electron chi connectivity index (χ2n) is 9.12. The summed E-state index contributed by atoms with van der Waals surface area (Å²) in [5.74, 6) is 0.274. The second kappa shape index (κ2) is 9.00. The van der Waals surface area contributed by atoms with Crippen molar-refractivity contribution in [2.75, 3.05) is 31.6 Å². The van der Waals surface area contributed by atoms with Gasteiger partial charge in [-0.05, 0) is 50.1 Å². The van der Waals surface area contributed by atoms with Crippen molar-refractivity contribution in [1.29, 1.82) is 0 Å². The topological polar surface area (TPSA) is 68.8 Å². The predicted molar refractivity (Wildman–Crippen MR) is 123 cm³/mol. The van der Waals surface area contributed by atoms with Gasteiger partial charge in [0.05, 0.1) is 5.69 Å². The van der Waals surface area contributed by atoms with Crippen molar-refractivity contribution in [3.05, 3.63) is 59.9 Å². The molecule has 2 saturated heterocycles. The van der Waals surface area contributed by atoms with Crippen LogP contribution in [0.5, 0.6) is 0 Å². The number of carbonyl (C=O) groups excluding carboxylic acids is 2. The molecule has 0 aliphatic carbocycles. The molecule has 0 unspecified atom stereocenters. The van der Waals surface area contributed by atoms with Crippen molar-refractivity contribution in [1.82, 2.24) is 20.1 Å². The molecule has 1 aromatic carbocycles. The van der Waals surface area contributed by atoms with Gasteiger partial charge in [0.15, 0.2) is 0 Å². The number of aromatic nitrogens is 1. The highest BCUT2D eigenvalue weighted by Crippen LogP contribution is 2.30. The first-order valence-electron chi connectivity index (χ1n) is 11.6. The largest absolute Gasteiger partial charge is 0.353 e. The van der Waals surface area contributed by atoms with E-state index in [0.29, 0.717) is 19.5 Å². The predicted octanol–water partition coefficient (Wildman–Crippen LogP) is 1.82. The molecule has 0 saturated carbocycles. The summed E-state index contributed by atoms with van der Waals surface area (Å²) in [6.07, 6.45) is 4.92. The lowest BCUT2D eigenvalue weighted by Crippen LogP contribution is -2.49. The lowest BCUT2D eigenvalue weighted by Gasteiger charge is -2.33. The Morgan fingerprint density at radius 1 is 1.16 bits per heavy atom. The first kappa shape index (κ1) is 21.1. The maximum absolute atomic E-state index is 13.0. The van der Waals surface area contributed by atoms with E-state index in [1.807, 2.05) is 41.3 Å². The minimum absolute atomic E-state index is 0.0950. The van der Waals surface area contributed by atoms with Crippen LogP contribution >= 0.6 is 0 Å². The Morgan fingerprint density at radius 2 is 2.00 bits per heavy atom. The Kier molecular flexibility index (Phi) is 5.93. The maximum Gasteiger partial charge on any atom is 0.239 e. The zero-order chi connectivity index (χ0) is 22.1. The van der Waals surface area contributed by atoms with E-state index in [1.54, 1.807) is 6.20 Å². The smallest absolute Gasteiger partial charge is 0.239 e. The van der Waals surface area contributed by atoms with Crippen LogP contribution in [0.1, 0.15) is 30.5 Å². The average Bonchev–Trinajstić information content (AvgIpc) is 3.41. The Morgan fingerprint density at radius 3 is 2.84 bits per heavy atom. The van der Waals surface area contributed by atoms with Gasteiger partial charge in [0.2, 0.25) is 11.8 Å². The van der Waals surface area contributed by atoms with E-state index >= 15 is 0 Å². The van der Waals surface area contributed by atoms with Crippen LogP contribution in [0, 0.1) is 0 Å². The molecule has 2 fully saturated rings. The summed E-state index contributed by atoms with van der Waals surface area (Å²) in [6.45, 7) is 2.91. The molecule has 168 valence electrons. The highest BCUT2D eigenvalue weighted by molar-refractivity contribution is 5.95. The summed E-state index contributed by atoms with van der Waals surface area (Å²) in [6, 6.07) is 14.2. The van der Waals surface area contributed by atoms with Crippen LogP contribution in [0.15, 0.2) is 48.7 Å². The molecule has 1 aromatic heterocycles. The summed E-state index contributed by atoms with van der Waals surface area (Å²) < 4.78 is 0. The molecule has 0 radical (unpaired) electrons. The second-order valence-corrected chi connectivity index (χ2v) is 9.12. The van der Waals surface area contributed by atoms with Crippen molar-refractivity contribution in [3.63, 3.8) is 0 Å². The first-order chi connectivity index (χ1) is 15.6. The Labute approximate surface area is 189 Å². The molecule has 1 N–H and O–H groups in total. The van der Waals surface area contributed by atoms with E-state index < -0.39 is 0 Å². The Bertz CT molecular complexity index is 981. The van der Waals surface area contributed by atoms with Gasteiger partial charge in [-0.2, -0.15) is 0 Å². The number of amides is 2. The van der Waals surface area contributed by atoms with Crippen LogP contribution in [0.3, 0.4) is 0 Å². The van der Waals surface area contributed by atoms with E-state index in [4.69, 9.17) is 0 Å². The molecule has 4 heterocycles. The van der Waals surface area contributed by atoms with Gasteiger partial charge >= 0.3 is 0 Å². The van der Waals surface area contributed by atoms with Crippen LogP contribution in [-0.2, 0) is 22.6 Å². The molecule has 7 nitrogen and oxygen atoms in total. The fourth-order valence-electron chi connectivity index (χ4n) is 5.55. The van der Waals surface area contributed by atoms with E-state index in [2.05, 4.69) is 33.2 Å². The van der Waals surface area contributed by atoms with Crippen LogP contribution in [0.25, 0.3) is 0 Å². The molecular formula is C25H31N5O2. The number of benzene rings is 1. The Balaban J connectivity index is 1.23. The van der Waals surface area contributed by atoms with Crippen molar-refractivity contribution in [2.45, 2.75) is 50.4 Å². The molecule has 0 bridgehead atoms. The number of anilines is 1. The number of nitrogens with one attached hydrogen (secondary N) is 1. The van der Waals surface area contributed by atoms with E-state index in [0.717, 1.165) is 43.7 Å². The van der Waals surface area contributed by atoms with Crippen LogP contribution in [0.2, 0.25) is 0 Å². The van der Waals surface area contributed by atoms with Crippen molar-refractivity contribution >= 4 is 17.5 Å². The third-order valence-corrected chi connectivity index (χ3v) is 7.32. The maximum atomic E-state index is 13.0. The number of carbonyl (C=O) groups is 2. The number of likely N-dealkylation sites (tertiary alicyclic amines) is 1. The molecular weight excluding hydrogens is 402 g/mol. The monoisotopic (exact) mass is 433 g/mol. The highest BCUT2D eigenvalue weighted by Gasteiger charge is 2.45. The lowest BCUT2D eigenvalue weighted by molar-refractivity contribution is -0.126. The number of fused-ring (bicyclic) bond motifs is 2. The van der Waals surface area contributed by atoms with Crippen molar-refractivity contribution < 1.29 is 9.59 Å². The van der Waals surface area contributed by atoms with Gasteiger partial charge in [0.25, 0.3) is 0 Å². The van der Waals surface area contributed by atoms with Crippen molar-refractivity contribution in [2.24, 2.45) is 0 Å². The normalized spacial score (nSPS) is 25.8. The van der Waals surface area contributed by atoms with Crippen LogP contribution < -0.4 is 10.2 Å². The fourth-order valence-corrected chi connectivity index (χ4v) is 5.55. The minimum Gasteiger partial charge on any atom is -0.353 e. The highest BCUT2D eigenvalue weighted by atomic mass is 16.2. The van der Waals surface area contributed by atoms with E-state index in [9.17, 15) is 9.59 Å². The first-order valence-corrected chi connectivity index (χ1v) is 11.6.